The van der Waals surface area contributed by atoms with Gasteiger partial charge in [0.2, 0.25) is 5.91 Å². The van der Waals surface area contributed by atoms with Crippen molar-refractivity contribution in [3.05, 3.63) is 29.4 Å². The molecule has 1 aliphatic carbocycles. The molecule has 1 aromatic heterocycles. The van der Waals surface area contributed by atoms with Crippen LogP contribution in [0.5, 0.6) is 0 Å². The molecule has 0 unspecified atom stereocenters. The summed E-state index contributed by atoms with van der Waals surface area (Å²) in [5.74, 6) is 0.866. The highest BCUT2D eigenvalue weighted by molar-refractivity contribution is 6.34. The van der Waals surface area contributed by atoms with Crippen LogP contribution in [0.4, 0.5) is 11.5 Å². The minimum Gasteiger partial charge on any atom is -0.368 e. The Balaban J connectivity index is 1.65. The smallest absolute Gasteiger partial charge is 0.228 e. The highest BCUT2D eigenvalue weighted by Crippen LogP contribution is 2.33. The molecule has 1 amide bonds. The standard InChI is InChI=1S/C17H19ClN4O/c18-14-7-13-10-20-16(21-17(23)11-1-2-11)9-12(13)8-15(14)22-5-3-19-4-6-22/h7-11,19H,1-6H2,(H,20,21,23). The third-order valence-corrected chi connectivity index (χ3v) is 4.75. The average Bonchev–Trinajstić information content (AvgIpc) is 3.40. The van der Waals surface area contributed by atoms with Crippen LogP contribution in [0.1, 0.15) is 12.8 Å². The van der Waals surface area contributed by atoms with Gasteiger partial charge in [0.05, 0.1) is 10.7 Å². The molecule has 1 saturated heterocycles. The fraction of sp³-hybridized carbons (Fsp3) is 0.412. The van der Waals surface area contributed by atoms with E-state index in [1.807, 2.05) is 12.1 Å². The normalized spacial score (nSPS) is 18.2. The second-order valence-corrected chi connectivity index (χ2v) is 6.63. The minimum atomic E-state index is 0.0770. The number of benzene rings is 1. The van der Waals surface area contributed by atoms with Gasteiger partial charge in [-0.25, -0.2) is 4.98 Å². The summed E-state index contributed by atoms with van der Waals surface area (Å²) in [6.45, 7) is 3.82. The summed E-state index contributed by atoms with van der Waals surface area (Å²) in [6, 6.07) is 5.98. The zero-order chi connectivity index (χ0) is 15.8. The highest BCUT2D eigenvalue weighted by atomic mass is 35.5. The number of nitrogens with one attached hydrogen (secondary N) is 2. The van der Waals surface area contributed by atoms with E-state index in [-0.39, 0.29) is 11.8 Å². The number of carbonyl (C=O) groups excluding carboxylic acids is 1. The van der Waals surface area contributed by atoms with Crippen LogP contribution in [0, 0.1) is 5.92 Å². The van der Waals surface area contributed by atoms with Crippen molar-refractivity contribution in [1.29, 1.82) is 0 Å². The lowest BCUT2D eigenvalue weighted by molar-refractivity contribution is -0.117. The summed E-state index contributed by atoms with van der Waals surface area (Å²) in [5.41, 5.74) is 1.05. The highest BCUT2D eigenvalue weighted by Gasteiger charge is 2.29. The van der Waals surface area contributed by atoms with E-state index < -0.39 is 0 Å². The number of piperazine rings is 1. The number of anilines is 2. The van der Waals surface area contributed by atoms with Crippen molar-refractivity contribution in [2.24, 2.45) is 5.92 Å². The number of hydrogen-bond acceptors (Lipinski definition) is 4. The van der Waals surface area contributed by atoms with Crippen LogP contribution in [0.25, 0.3) is 10.8 Å². The number of hydrogen-bond donors (Lipinski definition) is 2. The number of rotatable bonds is 3. The van der Waals surface area contributed by atoms with Gasteiger partial charge in [-0.3, -0.25) is 4.79 Å². The molecule has 0 radical (unpaired) electrons. The van der Waals surface area contributed by atoms with Crippen molar-refractivity contribution in [3.8, 4) is 0 Å². The van der Waals surface area contributed by atoms with Gasteiger partial charge in [0.25, 0.3) is 0 Å². The maximum atomic E-state index is 11.9. The van der Waals surface area contributed by atoms with Gasteiger partial charge in [0.1, 0.15) is 5.82 Å². The Morgan fingerprint density at radius 3 is 2.74 bits per heavy atom. The molecule has 23 heavy (non-hydrogen) atoms. The molecule has 6 heteroatoms. The molecule has 4 rings (SSSR count). The molecule has 2 heterocycles. The van der Waals surface area contributed by atoms with Crippen molar-refractivity contribution in [3.63, 3.8) is 0 Å². The Morgan fingerprint density at radius 1 is 1.22 bits per heavy atom. The lowest BCUT2D eigenvalue weighted by atomic mass is 10.1. The number of halogens is 1. The summed E-state index contributed by atoms with van der Waals surface area (Å²) >= 11 is 6.45. The molecular formula is C17H19ClN4O. The van der Waals surface area contributed by atoms with E-state index in [9.17, 15) is 4.79 Å². The van der Waals surface area contributed by atoms with Crippen molar-refractivity contribution >= 4 is 39.8 Å². The molecule has 0 spiro atoms. The third-order valence-electron chi connectivity index (χ3n) is 4.44. The second kappa shape index (κ2) is 5.98. The molecule has 2 aliphatic rings. The topological polar surface area (TPSA) is 57.3 Å². The summed E-state index contributed by atoms with van der Waals surface area (Å²) in [5, 5.41) is 9.03. The van der Waals surface area contributed by atoms with Crippen molar-refractivity contribution < 1.29 is 4.79 Å². The van der Waals surface area contributed by atoms with Gasteiger partial charge in [-0.2, -0.15) is 0 Å². The van der Waals surface area contributed by atoms with Gasteiger partial charge in [-0.1, -0.05) is 11.6 Å². The van der Waals surface area contributed by atoms with E-state index in [0.717, 1.165) is 60.5 Å². The fourth-order valence-corrected chi connectivity index (χ4v) is 3.24. The first-order valence-electron chi connectivity index (χ1n) is 8.06. The van der Waals surface area contributed by atoms with Crippen LogP contribution in [-0.2, 0) is 4.79 Å². The minimum absolute atomic E-state index is 0.0770. The molecule has 0 bridgehead atoms. The van der Waals surface area contributed by atoms with Crippen LogP contribution in [0.2, 0.25) is 5.02 Å². The first-order valence-corrected chi connectivity index (χ1v) is 8.44. The summed E-state index contributed by atoms with van der Waals surface area (Å²) in [6.07, 6.45) is 3.75. The van der Waals surface area contributed by atoms with E-state index in [2.05, 4.69) is 26.6 Å². The van der Waals surface area contributed by atoms with Gasteiger partial charge < -0.3 is 15.5 Å². The molecule has 2 aromatic rings. The van der Waals surface area contributed by atoms with Crippen LogP contribution in [0.3, 0.4) is 0 Å². The van der Waals surface area contributed by atoms with Crippen LogP contribution in [-0.4, -0.2) is 37.1 Å². The largest absolute Gasteiger partial charge is 0.368 e. The number of fused-ring (bicyclic) bond motifs is 1. The Kier molecular flexibility index (Phi) is 3.83. The zero-order valence-corrected chi connectivity index (χ0v) is 13.6. The van der Waals surface area contributed by atoms with Crippen molar-refractivity contribution in [1.82, 2.24) is 10.3 Å². The van der Waals surface area contributed by atoms with Crippen LogP contribution >= 0.6 is 11.6 Å². The lowest BCUT2D eigenvalue weighted by Crippen LogP contribution is -2.43. The molecule has 120 valence electrons. The van der Waals surface area contributed by atoms with E-state index in [0.29, 0.717) is 5.82 Å². The lowest BCUT2D eigenvalue weighted by Gasteiger charge is -2.30. The van der Waals surface area contributed by atoms with Crippen molar-refractivity contribution in [2.45, 2.75) is 12.8 Å². The van der Waals surface area contributed by atoms with Crippen LogP contribution < -0.4 is 15.5 Å². The van der Waals surface area contributed by atoms with E-state index in [1.54, 1.807) is 6.20 Å². The third kappa shape index (κ3) is 3.12. The quantitative estimate of drug-likeness (QED) is 0.908. The number of amides is 1. The Bertz CT molecular complexity index is 754. The molecule has 1 aliphatic heterocycles. The van der Waals surface area contributed by atoms with Gasteiger partial charge >= 0.3 is 0 Å². The summed E-state index contributed by atoms with van der Waals surface area (Å²) in [4.78, 5) is 18.5. The van der Waals surface area contributed by atoms with Gasteiger partial charge in [-0.05, 0) is 36.4 Å². The maximum absolute atomic E-state index is 11.9. The molecular weight excluding hydrogens is 312 g/mol. The molecule has 0 atom stereocenters. The first kappa shape index (κ1) is 14.7. The molecule has 2 N–H and O–H groups in total. The van der Waals surface area contributed by atoms with E-state index in [4.69, 9.17) is 11.6 Å². The Labute approximate surface area is 140 Å². The summed E-state index contributed by atoms with van der Waals surface area (Å²) < 4.78 is 0. The van der Waals surface area contributed by atoms with Crippen molar-refractivity contribution in [2.75, 3.05) is 36.4 Å². The number of carbonyl (C=O) groups is 1. The van der Waals surface area contributed by atoms with Gasteiger partial charge in [0, 0.05) is 43.7 Å². The Morgan fingerprint density at radius 2 is 2.00 bits per heavy atom. The predicted molar refractivity (Wildman–Crippen MR) is 93.2 cm³/mol. The number of aromatic nitrogens is 1. The Hall–Kier alpha value is -1.85. The molecule has 2 fully saturated rings. The molecule has 5 nitrogen and oxygen atoms in total. The predicted octanol–water partition coefficient (Wildman–Crippen LogP) is 2.65. The average molecular weight is 331 g/mol. The monoisotopic (exact) mass is 330 g/mol. The summed E-state index contributed by atoms with van der Waals surface area (Å²) in [7, 11) is 0. The number of pyridine rings is 1. The maximum Gasteiger partial charge on any atom is 0.228 e. The number of nitrogens with zero attached hydrogens (tertiary/aromatic N) is 2. The van der Waals surface area contributed by atoms with Gasteiger partial charge in [0.15, 0.2) is 0 Å². The van der Waals surface area contributed by atoms with E-state index in [1.165, 1.54) is 0 Å². The second-order valence-electron chi connectivity index (χ2n) is 6.22. The molecule has 1 aromatic carbocycles. The zero-order valence-electron chi connectivity index (χ0n) is 12.8. The fourth-order valence-electron chi connectivity index (χ4n) is 2.94. The van der Waals surface area contributed by atoms with E-state index >= 15 is 0 Å². The SMILES string of the molecule is O=C(Nc1cc2cc(N3CCNCC3)c(Cl)cc2cn1)C1CC1. The molecule has 1 saturated carbocycles. The van der Waals surface area contributed by atoms with Gasteiger partial charge in [-0.15, -0.1) is 0 Å². The van der Waals surface area contributed by atoms with Crippen LogP contribution in [0.15, 0.2) is 24.4 Å². The first-order chi connectivity index (χ1) is 11.2.